The first-order valence-electron chi connectivity index (χ1n) is 9.11. The van der Waals surface area contributed by atoms with Gasteiger partial charge in [0.05, 0.1) is 13.7 Å². The van der Waals surface area contributed by atoms with Crippen molar-refractivity contribution < 1.29 is 9.47 Å². The molecule has 0 bridgehead atoms. The SMILES string of the molecule is COc1ccc(CNc2ccc3ccn(C)c(=O)c3c2)cc1OCC(C)C. The second kappa shape index (κ2) is 8.16. The number of aryl methyl sites for hydroxylation is 1. The van der Waals surface area contributed by atoms with Crippen LogP contribution in [0.3, 0.4) is 0 Å². The number of rotatable bonds is 7. The van der Waals surface area contributed by atoms with Crippen LogP contribution in [0.1, 0.15) is 19.4 Å². The molecule has 5 nitrogen and oxygen atoms in total. The number of hydrogen-bond donors (Lipinski definition) is 1. The van der Waals surface area contributed by atoms with E-state index in [1.165, 1.54) is 0 Å². The maximum absolute atomic E-state index is 12.3. The minimum Gasteiger partial charge on any atom is -0.493 e. The van der Waals surface area contributed by atoms with E-state index in [4.69, 9.17) is 9.47 Å². The molecule has 142 valence electrons. The summed E-state index contributed by atoms with van der Waals surface area (Å²) in [6.45, 7) is 5.49. The highest BCUT2D eigenvalue weighted by Crippen LogP contribution is 2.29. The molecule has 0 aliphatic rings. The molecule has 3 aromatic rings. The van der Waals surface area contributed by atoms with Crippen LogP contribution in [0, 0.1) is 5.92 Å². The number of ether oxygens (including phenoxy) is 2. The van der Waals surface area contributed by atoms with Crippen molar-refractivity contribution in [2.75, 3.05) is 19.0 Å². The van der Waals surface area contributed by atoms with Crippen molar-refractivity contribution in [1.82, 2.24) is 4.57 Å². The van der Waals surface area contributed by atoms with Gasteiger partial charge in [-0.15, -0.1) is 0 Å². The number of hydrogen-bond acceptors (Lipinski definition) is 4. The number of nitrogens with one attached hydrogen (secondary N) is 1. The molecule has 0 unspecified atom stereocenters. The molecule has 27 heavy (non-hydrogen) atoms. The van der Waals surface area contributed by atoms with Gasteiger partial charge in [-0.25, -0.2) is 0 Å². The number of methoxy groups -OCH3 is 1. The minimum atomic E-state index is 0.00460. The molecule has 0 fully saturated rings. The summed E-state index contributed by atoms with van der Waals surface area (Å²) in [7, 11) is 3.41. The Morgan fingerprint density at radius 1 is 1.07 bits per heavy atom. The van der Waals surface area contributed by atoms with Crippen molar-refractivity contribution in [3.8, 4) is 11.5 Å². The predicted molar refractivity (Wildman–Crippen MR) is 110 cm³/mol. The topological polar surface area (TPSA) is 52.5 Å². The maximum atomic E-state index is 12.3. The molecule has 1 heterocycles. The highest BCUT2D eigenvalue weighted by Gasteiger charge is 2.08. The molecule has 0 radical (unpaired) electrons. The fraction of sp³-hybridized carbons (Fsp3) is 0.318. The van der Waals surface area contributed by atoms with Gasteiger partial charge in [0, 0.05) is 30.9 Å². The zero-order valence-corrected chi connectivity index (χ0v) is 16.3. The van der Waals surface area contributed by atoms with Gasteiger partial charge >= 0.3 is 0 Å². The van der Waals surface area contributed by atoms with Gasteiger partial charge in [0.25, 0.3) is 5.56 Å². The third kappa shape index (κ3) is 4.42. The van der Waals surface area contributed by atoms with Crippen molar-refractivity contribution in [2.24, 2.45) is 13.0 Å². The molecule has 0 amide bonds. The van der Waals surface area contributed by atoms with E-state index in [1.807, 2.05) is 42.5 Å². The van der Waals surface area contributed by atoms with Crippen LogP contribution in [0.2, 0.25) is 0 Å². The van der Waals surface area contributed by atoms with E-state index in [0.717, 1.165) is 28.1 Å². The Hall–Kier alpha value is -2.95. The van der Waals surface area contributed by atoms with Crippen molar-refractivity contribution in [3.63, 3.8) is 0 Å². The summed E-state index contributed by atoms with van der Waals surface area (Å²) in [6, 6.07) is 13.7. The quantitative estimate of drug-likeness (QED) is 0.681. The lowest BCUT2D eigenvalue weighted by Crippen LogP contribution is -2.15. The third-order valence-corrected chi connectivity index (χ3v) is 4.38. The van der Waals surface area contributed by atoms with Crippen LogP contribution in [0.25, 0.3) is 10.8 Å². The first-order valence-corrected chi connectivity index (χ1v) is 9.11. The third-order valence-electron chi connectivity index (χ3n) is 4.38. The highest BCUT2D eigenvalue weighted by molar-refractivity contribution is 5.84. The van der Waals surface area contributed by atoms with Crippen LogP contribution < -0.4 is 20.3 Å². The Labute approximate surface area is 159 Å². The molecule has 1 aromatic heterocycles. The standard InChI is InChI=1S/C22H26N2O3/c1-15(2)14-27-21-11-16(5-8-20(21)26-4)13-23-18-7-6-17-9-10-24(3)22(25)19(17)12-18/h5-12,15,23H,13-14H2,1-4H3. The Bertz CT molecular complexity index is 993. The number of benzene rings is 2. The molecule has 3 rings (SSSR count). The molecular formula is C22H26N2O3. The molecule has 0 atom stereocenters. The van der Waals surface area contributed by atoms with Crippen LogP contribution in [0.15, 0.2) is 53.5 Å². The average molecular weight is 366 g/mol. The van der Waals surface area contributed by atoms with E-state index in [-0.39, 0.29) is 5.56 Å². The summed E-state index contributed by atoms with van der Waals surface area (Å²) in [5.41, 5.74) is 1.99. The van der Waals surface area contributed by atoms with Gasteiger partial charge in [-0.2, -0.15) is 0 Å². The van der Waals surface area contributed by atoms with Crippen LogP contribution in [-0.2, 0) is 13.6 Å². The monoisotopic (exact) mass is 366 g/mol. The van der Waals surface area contributed by atoms with Gasteiger partial charge < -0.3 is 19.4 Å². The number of aromatic nitrogens is 1. The summed E-state index contributed by atoms with van der Waals surface area (Å²) in [5, 5.41) is 5.04. The fourth-order valence-corrected chi connectivity index (χ4v) is 2.85. The number of nitrogens with zero attached hydrogens (tertiary/aromatic N) is 1. The predicted octanol–water partition coefficient (Wildman–Crippen LogP) is 4.19. The van der Waals surface area contributed by atoms with Crippen LogP contribution in [-0.4, -0.2) is 18.3 Å². The smallest absolute Gasteiger partial charge is 0.258 e. The number of fused-ring (bicyclic) bond motifs is 1. The zero-order chi connectivity index (χ0) is 19.4. The number of pyridine rings is 1. The average Bonchev–Trinajstić information content (AvgIpc) is 2.67. The van der Waals surface area contributed by atoms with Gasteiger partial charge in [-0.05, 0) is 47.2 Å². The van der Waals surface area contributed by atoms with Crippen molar-refractivity contribution in [3.05, 3.63) is 64.6 Å². The second-order valence-corrected chi connectivity index (χ2v) is 7.08. The lowest BCUT2D eigenvalue weighted by atomic mass is 10.1. The summed E-state index contributed by atoms with van der Waals surface area (Å²) >= 11 is 0. The molecule has 0 saturated carbocycles. The summed E-state index contributed by atoms with van der Waals surface area (Å²) in [6.07, 6.45) is 1.79. The molecule has 5 heteroatoms. The van der Waals surface area contributed by atoms with E-state index in [2.05, 4.69) is 19.2 Å². The van der Waals surface area contributed by atoms with Gasteiger partial charge in [0.2, 0.25) is 0 Å². The lowest BCUT2D eigenvalue weighted by Gasteiger charge is -2.14. The Morgan fingerprint density at radius 3 is 2.63 bits per heavy atom. The van der Waals surface area contributed by atoms with E-state index in [9.17, 15) is 4.79 Å². The van der Waals surface area contributed by atoms with Crippen LogP contribution in [0.4, 0.5) is 5.69 Å². The molecular weight excluding hydrogens is 340 g/mol. The molecule has 2 aromatic carbocycles. The zero-order valence-electron chi connectivity index (χ0n) is 16.3. The molecule has 0 aliphatic heterocycles. The van der Waals surface area contributed by atoms with Crippen molar-refractivity contribution >= 4 is 16.5 Å². The molecule has 0 spiro atoms. The molecule has 0 saturated heterocycles. The van der Waals surface area contributed by atoms with Gasteiger partial charge in [-0.1, -0.05) is 26.0 Å². The van der Waals surface area contributed by atoms with Gasteiger partial charge in [-0.3, -0.25) is 4.79 Å². The largest absolute Gasteiger partial charge is 0.493 e. The van der Waals surface area contributed by atoms with E-state index in [0.29, 0.717) is 24.5 Å². The summed E-state index contributed by atoms with van der Waals surface area (Å²) < 4.78 is 12.8. The first-order chi connectivity index (χ1) is 13.0. The lowest BCUT2D eigenvalue weighted by molar-refractivity contribution is 0.256. The van der Waals surface area contributed by atoms with Crippen LogP contribution in [0.5, 0.6) is 11.5 Å². The van der Waals surface area contributed by atoms with Crippen molar-refractivity contribution in [2.45, 2.75) is 20.4 Å². The Morgan fingerprint density at radius 2 is 1.89 bits per heavy atom. The van der Waals surface area contributed by atoms with Gasteiger partial charge in [0.1, 0.15) is 0 Å². The highest BCUT2D eigenvalue weighted by atomic mass is 16.5. The Kier molecular flexibility index (Phi) is 5.69. The summed E-state index contributed by atoms with van der Waals surface area (Å²) in [4.78, 5) is 12.3. The van der Waals surface area contributed by atoms with E-state index < -0.39 is 0 Å². The Balaban J connectivity index is 1.78. The normalized spacial score (nSPS) is 11.0. The molecule has 1 N–H and O–H groups in total. The van der Waals surface area contributed by atoms with Gasteiger partial charge in [0.15, 0.2) is 11.5 Å². The molecule has 0 aliphatic carbocycles. The first kappa shape index (κ1) is 18.8. The minimum absolute atomic E-state index is 0.00460. The van der Waals surface area contributed by atoms with E-state index >= 15 is 0 Å². The summed E-state index contributed by atoms with van der Waals surface area (Å²) in [5.74, 6) is 1.92. The maximum Gasteiger partial charge on any atom is 0.258 e. The number of anilines is 1. The second-order valence-electron chi connectivity index (χ2n) is 7.08. The van der Waals surface area contributed by atoms with Crippen molar-refractivity contribution in [1.29, 1.82) is 0 Å². The fourth-order valence-electron chi connectivity index (χ4n) is 2.85. The van der Waals surface area contributed by atoms with E-state index in [1.54, 1.807) is 24.9 Å². The van der Waals surface area contributed by atoms with Crippen LogP contribution >= 0.6 is 0 Å².